The summed E-state index contributed by atoms with van der Waals surface area (Å²) in [5, 5.41) is 0. The van der Waals surface area contributed by atoms with Gasteiger partial charge >= 0.3 is 0 Å². The fourth-order valence-corrected chi connectivity index (χ4v) is 5.30. The van der Waals surface area contributed by atoms with E-state index in [1.54, 1.807) is 36.4 Å². The van der Waals surface area contributed by atoms with Crippen LogP contribution in [-0.4, -0.2) is 24.5 Å². The zero-order valence-corrected chi connectivity index (χ0v) is 17.5. The van der Waals surface area contributed by atoms with Gasteiger partial charge < -0.3 is 0 Å². The lowest BCUT2D eigenvalue weighted by Crippen LogP contribution is -2.19. The third-order valence-corrected chi connectivity index (χ3v) is 7.25. The molecular formula is C24H23NO3S. The van der Waals surface area contributed by atoms with Gasteiger partial charge in [-0.2, -0.15) is 4.31 Å². The molecule has 0 aromatic heterocycles. The highest BCUT2D eigenvalue weighted by molar-refractivity contribution is 7.89. The molecule has 0 spiro atoms. The smallest absolute Gasteiger partial charge is 0.244 e. The Morgan fingerprint density at radius 2 is 1.17 bits per heavy atom. The third-order valence-electron chi connectivity index (χ3n) is 5.38. The van der Waals surface area contributed by atoms with Crippen molar-refractivity contribution in [2.75, 3.05) is 0 Å². The second-order valence-electron chi connectivity index (χ2n) is 7.68. The van der Waals surface area contributed by atoms with Crippen molar-refractivity contribution < 1.29 is 13.2 Å². The monoisotopic (exact) mass is 405 g/mol. The Hall–Kier alpha value is -2.76. The lowest BCUT2D eigenvalue weighted by atomic mass is 10.0. The molecule has 148 valence electrons. The van der Waals surface area contributed by atoms with Gasteiger partial charge in [0.25, 0.3) is 0 Å². The Labute approximate surface area is 171 Å². The van der Waals surface area contributed by atoms with Gasteiger partial charge in [-0.25, -0.2) is 8.42 Å². The van der Waals surface area contributed by atoms with Crippen LogP contribution in [0.5, 0.6) is 0 Å². The quantitative estimate of drug-likeness (QED) is 0.460. The molecule has 1 aliphatic heterocycles. The summed E-state index contributed by atoms with van der Waals surface area (Å²) in [6, 6.07) is 20.5. The Kier molecular flexibility index (Phi) is 4.89. The fraction of sp³-hybridized carbons (Fsp3) is 0.208. The minimum atomic E-state index is -3.79. The predicted octanol–water partition coefficient (Wildman–Crippen LogP) is 4.61. The molecule has 0 saturated carbocycles. The van der Waals surface area contributed by atoms with Crippen molar-refractivity contribution in [1.29, 1.82) is 0 Å². The van der Waals surface area contributed by atoms with Crippen molar-refractivity contribution in [2.24, 2.45) is 0 Å². The summed E-state index contributed by atoms with van der Waals surface area (Å²) >= 11 is 0. The van der Waals surface area contributed by atoms with Gasteiger partial charge in [0, 0.05) is 5.56 Å². The highest BCUT2D eigenvalue weighted by Crippen LogP contribution is 2.49. The number of ketones is 1. The Morgan fingerprint density at radius 3 is 1.69 bits per heavy atom. The fourth-order valence-electron chi connectivity index (χ4n) is 3.58. The molecule has 3 atom stereocenters. The second kappa shape index (κ2) is 7.25. The molecule has 1 heterocycles. The highest BCUT2D eigenvalue weighted by Gasteiger charge is 2.60. The summed E-state index contributed by atoms with van der Waals surface area (Å²) in [4.78, 5) is 13.4. The number of nitrogens with zero attached hydrogens (tertiary/aromatic N) is 1. The van der Waals surface area contributed by atoms with E-state index in [9.17, 15) is 13.2 Å². The molecule has 0 aliphatic carbocycles. The van der Waals surface area contributed by atoms with Crippen molar-refractivity contribution in [3.05, 3.63) is 101 Å². The molecule has 1 saturated heterocycles. The highest BCUT2D eigenvalue weighted by atomic mass is 32.2. The van der Waals surface area contributed by atoms with E-state index in [0.29, 0.717) is 5.56 Å². The normalized spacial score (nSPS) is 21.0. The van der Waals surface area contributed by atoms with Gasteiger partial charge in [-0.05, 0) is 38.5 Å². The van der Waals surface area contributed by atoms with Crippen LogP contribution in [0.3, 0.4) is 0 Å². The molecule has 4 nitrogen and oxygen atoms in total. The summed E-state index contributed by atoms with van der Waals surface area (Å²) in [6.45, 7) is 5.84. The van der Waals surface area contributed by atoms with Crippen LogP contribution in [0.4, 0.5) is 0 Å². The zero-order chi connectivity index (χ0) is 20.8. The standard InChI is InChI=1S/C24H23NO3S/c1-16-4-10-19(11-5-16)22-23(24(26)20-12-6-17(2)7-13-20)25(22)29(27,28)21-14-8-18(3)9-15-21/h4-15,22-23H,1-3H3. The lowest BCUT2D eigenvalue weighted by molar-refractivity contribution is 0.0981. The zero-order valence-electron chi connectivity index (χ0n) is 16.7. The Morgan fingerprint density at radius 1 is 0.724 bits per heavy atom. The maximum absolute atomic E-state index is 13.3. The van der Waals surface area contributed by atoms with Gasteiger partial charge in [0.05, 0.1) is 10.9 Å². The summed E-state index contributed by atoms with van der Waals surface area (Å²) < 4.78 is 28.0. The van der Waals surface area contributed by atoms with Crippen molar-refractivity contribution >= 4 is 15.8 Å². The molecular weight excluding hydrogens is 382 g/mol. The van der Waals surface area contributed by atoms with Crippen LogP contribution in [0.1, 0.15) is 38.7 Å². The molecule has 0 radical (unpaired) electrons. The summed E-state index contributed by atoms with van der Waals surface area (Å²) in [7, 11) is -3.79. The maximum Gasteiger partial charge on any atom is 0.244 e. The van der Waals surface area contributed by atoms with Crippen LogP contribution in [0.2, 0.25) is 0 Å². The van der Waals surface area contributed by atoms with Crippen molar-refractivity contribution in [1.82, 2.24) is 4.31 Å². The Balaban J connectivity index is 1.74. The van der Waals surface area contributed by atoms with Crippen LogP contribution in [-0.2, 0) is 10.0 Å². The molecule has 5 heteroatoms. The van der Waals surface area contributed by atoms with E-state index in [2.05, 4.69) is 0 Å². The molecule has 3 aromatic carbocycles. The first kappa shape index (κ1) is 19.6. The van der Waals surface area contributed by atoms with Gasteiger partial charge in [0.2, 0.25) is 10.0 Å². The number of benzene rings is 3. The van der Waals surface area contributed by atoms with Crippen molar-refractivity contribution in [3.63, 3.8) is 0 Å². The first-order chi connectivity index (χ1) is 13.8. The van der Waals surface area contributed by atoms with E-state index < -0.39 is 22.1 Å². The predicted molar refractivity (Wildman–Crippen MR) is 113 cm³/mol. The number of carbonyl (C=O) groups is 1. The van der Waals surface area contributed by atoms with Crippen molar-refractivity contribution in [2.45, 2.75) is 37.8 Å². The van der Waals surface area contributed by atoms with E-state index in [-0.39, 0.29) is 10.7 Å². The van der Waals surface area contributed by atoms with Crippen LogP contribution in [0.15, 0.2) is 77.7 Å². The molecule has 1 fully saturated rings. The third kappa shape index (κ3) is 3.63. The average molecular weight is 406 g/mol. The summed E-state index contributed by atoms with van der Waals surface area (Å²) in [5.41, 5.74) is 4.48. The van der Waals surface area contributed by atoms with Crippen LogP contribution >= 0.6 is 0 Å². The lowest BCUT2D eigenvalue weighted by Gasteiger charge is -2.07. The van der Waals surface area contributed by atoms with E-state index >= 15 is 0 Å². The molecule has 3 unspecified atom stereocenters. The second-order valence-corrected chi connectivity index (χ2v) is 9.52. The number of hydrogen-bond donors (Lipinski definition) is 0. The van der Waals surface area contributed by atoms with Crippen LogP contribution in [0, 0.1) is 20.8 Å². The van der Waals surface area contributed by atoms with Crippen LogP contribution in [0.25, 0.3) is 0 Å². The number of aryl methyl sites for hydroxylation is 3. The van der Waals surface area contributed by atoms with Gasteiger partial charge in [0.1, 0.15) is 6.04 Å². The SMILES string of the molecule is Cc1ccc(C(=O)C2C(c3ccc(C)cc3)N2S(=O)(=O)c2ccc(C)cc2)cc1. The largest absolute Gasteiger partial charge is 0.292 e. The summed E-state index contributed by atoms with van der Waals surface area (Å²) in [5.74, 6) is -0.175. The van der Waals surface area contributed by atoms with E-state index in [0.717, 1.165) is 22.3 Å². The number of Topliss-reactive ketones (excluding diaryl/α,β-unsaturated/α-hetero) is 1. The first-order valence-corrected chi connectivity index (χ1v) is 11.0. The van der Waals surface area contributed by atoms with E-state index in [4.69, 9.17) is 0 Å². The number of hydrogen-bond acceptors (Lipinski definition) is 3. The van der Waals surface area contributed by atoms with E-state index in [1.807, 2.05) is 57.2 Å². The van der Waals surface area contributed by atoms with Crippen molar-refractivity contribution in [3.8, 4) is 0 Å². The van der Waals surface area contributed by atoms with Gasteiger partial charge in [0.15, 0.2) is 5.78 Å². The number of carbonyl (C=O) groups excluding carboxylic acids is 1. The molecule has 4 rings (SSSR count). The topological polar surface area (TPSA) is 54.2 Å². The molecule has 29 heavy (non-hydrogen) atoms. The minimum Gasteiger partial charge on any atom is -0.292 e. The molecule has 1 aliphatic rings. The summed E-state index contributed by atoms with van der Waals surface area (Å²) in [6.07, 6.45) is 0. The molecule has 0 N–H and O–H groups in total. The van der Waals surface area contributed by atoms with Gasteiger partial charge in [-0.1, -0.05) is 77.4 Å². The average Bonchev–Trinajstić information content (AvgIpc) is 3.45. The molecule has 3 aromatic rings. The maximum atomic E-state index is 13.3. The number of rotatable bonds is 5. The van der Waals surface area contributed by atoms with Gasteiger partial charge in [-0.15, -0.1) is 0 Å². The minimum absolute atomic E-state index is 0.175. The Bertz CT molecular complexity index is 1150. The van der Waals surface area contributed by atoms with Crippen LogP contribution < -0.4 is 0 Å². The first-order valence-electron chi connectivity index (χ1n) is 9.57. The number of sulfonamides is 1. The molecule has 0 amide bonds. The van der Waals surface area contributed by atoms with Gasteiger partial charge in [-0.3, -0.25) is 4.79 Å². The molecule has 0 bridgehead atoms. The van der Waals surface area contributed by atoms with E-state index in [1.165, 1.54) is 4.31 Å².